The number of hydrogen-bond acceptors (Lipinski definition) is 3. The van der Waals surface area contributed by atoms with Gasteiger partial charge in [0, 0.05) is 13.0 Å². The maximum Gasteiger partial charge on any atom is 0.303 e. The van der Waals surface area contributed by atoms with Crippen molar-refractivity contribution in [2.75, 3.05) is 13.6 Å². The van der Waals surface area contributed by atoms with Crippen LogP contribution in [0.5, 0.6) is 0 Å². The highest BCUT2D eigenvalue weighted by Crippen LogP contribution is 2.21. The SMILES string of the molecule is CN(CCCCC(=O)O)Cc1csc(Br)c1.Cl. The van der Waals surface area contributed by atoms with Crippen LogP contribution in [-0.4, -0.2) is 29.6 Å². The first kappa shape index (κ1) is 16.9. The smallest absolute Gasteiger partial charge is 0.303 e. The molecular formula is C11H17BrClNO2S. The zero-order valence-corrected chi connectivity index (χ0v) is 12.9. The summed E-state index contributed by atoms with van der Waals surface area (Å²) in [6, 6.07) is 2.12. The summed E-state index contributed by atoms with van der Waals surface area (Å²) in [4.78, 5) is 12.5. The van der Waals surface area contributed by atoms with Crippen molar-refractivity contribution in [3.8, 4) is 0 Å². The Morgan fingerprint density at radius 1 is 1.53 bits per heavy atom. The third-order valence-corrected chi connectivity index (χ3v) is 3.81. The van der Waals surface area contributed by atoms with Crippen LogP contribution < -0.4 is 0 Å². The molecule has 0 radical (unpaired) electrons. The zero-order valence-electron chi connectivity index (χ0n) is 9.69. The molecule has 0 unspecified atom stereocenters. The molecule has 0 bridgehead atoms. The summed E-state index contributed by atoms with van der Waals surface area (Å²) in [7, 11) is 2.06. The highest BCUT2D eigenvalue weighted by atomic mass is 79.9. The van der Waals surface area contributed by atoms with Crippen molar-refractivity contribution in [3.05, 3.63) is 20.8 Å². The Labute approximate surface area is 120 Å². The molecular weight excluding hydrogens is 326 g/mol. The van der Waals surface area contributed by atoms with Gasteiger partial charge >= 0.3 is 5.97 Å². The minimum Gasteiger partial charge on any atom is -0.481 e. The molecule has 1 aromatic heterocycles. The summed E-state index contributed by atoms with van der Waals surface area (Å²) in [6.07, 6.45) is 1.97. The van der Waals surface area contributed by atoms with Crippen LogP contribution in [-0.2, 0) is 11.3 Å². The number of hydrogen-bond donors (Lipinski definition) is 1. The van der Waals surface area contributed by atoms with Gasteiger partial charge in [-0.3, -0.25) is 4.79 Å². The zero-order chi connectivity index (χ0) is 12.0. The minimum atomic E-state index is -0.704. The topological polar surface area (TPSA) is 40.5 Å². The molecule has 17 heavy (non-hydrogen) atoms. The molecule has 0 atom stereocenters. The average Bonchev–Trinajstić information content (AvgIpc) is 2.58. The Morgan fingerprint density at radius 2 is 2.24 bits per heavy atom. The predicted octanol–water partition coefficient (Wildman–Crippen LogP) is 3.62. The standard InChI is InChI=1S/C11H16BrNO2S.ClH/c1-13(5-3-2-4-11(14)15)7-9-6-10(12)16-8-9;/h6,8H,2-5,7H2,1H3,(H,14,15);1H. The van der Waals surface area contributed by atoms with E-state index >= 15 is 0 Å². The highest BCUT2D eigenvalue weighted by molar-refractivity contribution is 9.11. The van der Waals surface area contributed by atoms with Crippen LogP contribution >= 0.6 is 39.7 Å². The molecule has 0 spiro atoms. The van der Waals surface area contributed by atoms with E-state index in [9.17, 15) is 4.79 Å². The molecule has 98 valence electrons. The molecule has 1 heterocycles. The van der Waals surface area contributed by atoms with Crippen molar-refractivity contribution in [1.82, 2.24) is 4.90 Å². The van der Waals surface area contributed by atoms with Gasteiger partial charge in [0.1, 0.15) is 0 Å². The summed E-state index contributed by atoms with van der Waals surface area (Å²) < 4.78 is 1.15. The number of unbranched alkanes of at least 4 members (excludes halogenated alkanes) is 1. The largest absolute Gasteiger partial charge is 0.481 e. The second-order valence-electron chi connectivity index (χ2n) is 3.85. The second kappa shape index (κ2) is 8.91. The molecule has 1 rings (SSSR count). The fourth-order valence-electron chi connectivity index (χ4n) is 1.48. The quantitative estimate of drug-likeness (QED) is 0.769. The van der Waals surface area contributed by atoms with E-state index in [4.69, 9.17) is 5.11 Å². The Hall–Kier alpha value is -0.100. The summed E-state index contributed by atoms with van der Waals surface area (Å²) in [5, 5.41) is 10.6. The van der Waals surface area contributed by atoms with Gasteiger partial charge in [-0.05, 0) is 59.4 Å². The first-order chi connectivity index (χ1) is 7.58. The number of nitrogens with zero attached hydrogens (tertiary/aromatic N) is 1. The third kappa shape index (κ3) is 7.76. The van der Waals surface area contributed by atoms with Crippen molar-refractivity contribution < 1.29 is 9.90 Å². The molecule has 0 amide bonds. The van der Waals surface area contributed by atoms with E-state index in [-0.39, 0.29) is 18.8 Å². The molecule has 6 heteroatoms. The number of rotatable bonds is 7. The van der Waals surface area contributed by atoms with Crippen LogP contribution in [0.25, 0.3) is 0 Å². The van der Waals surface area contributed by atoms with Crippen molar-refractivity contribution in [3.63, 3.8) is 0 Å². The maximum atomic E-state index is 10.3. The molecule has 3 nitrogen and oxygen atoms in total. The van der Waals surface area contributed by atoms with Crippen LogP contribution in [0, 0.1) is 0 Å². The lowest BCUT2D eigenvalue weighted by Gasteiger charge is -2.15. The number of thiophene rings is 1. The van der Waals surface area contributed by atoms with Crippen molar-refractivity contribution in [1.29, 1.82) is 0 Å². The van der Waals surface area contributed by atoms with Crippen LogP contribution in [0.1, 0.15) is 24.8 Å². The summed E-state index contributed by atoms with van der Waals surface area (Å²) in [5.74, 6) is -0.704. The van der Waals surface area contributed by atoms with Crippen molar-refractivity contribution in [2.45, 2.75) is 25.8 Å². The van der Waals surface area contributed by atoms with E-state index < -0.39 is 5.97 Å². The van der Waals surface area contributed by atoms with Crippen LogP contribution in [0.2, 0.25) is 0 Å². The van der Waals surface area contributed by atoms with Crippen molar-refractivity contribution in [2.24, 2.45) is 0 Å². The third-order valence-electron chi connectivity index (χ3n) is 2.25. The first-order valence-electron chi connectivity index (χ1n) is 5.21. The first-order valence-corrected chi connectivity index (χ1v) is 6.88. The molecule has 0 aliphatic rings. The minimum absolute atomic E-state index is 0. The number of halogens is 2. The monoisotopic (exact) mass is 341 g/mol. The van der Waals surface area contributed by atoms with E-state index in [0.29, 0.717) is 0 Å². The molecule has 0 aromatic carbocycles. The van der Waals surface area contributed by atoms with E-state index in [1.165, 1.54) is 5.56 Å². The Morgan fingerprint density at radius 3 is 2.76 bits per heavy atom. The lowest BCUT2D eigenvalue weighted by atomic mass is 10.2. The molecule has 0 saturated carbocycles. The fourth-order valence-corrected chi connectivity index (χ4v) is 2.68. The predicted molar refractivity (Wildman–Crippen MR) is 77.1 cm³/mol. The van der Waals surface area contributed by atoms with E-state index in [1.54, 1.807) is 11.3 Å². The average molecular weight is 343 g/mol. The summed E-state index contributed by atoms with van der Waals surface area (Å²) in [6.45, 7) is 1.87. The molecule has 0 aliphatic heterocycles. The van der Waals surface area contributed by atoms with E-state index in [1.807, 2.05) is 0 Å². The molecule has 0 fully saturated rings. The second-order valence-corrected chi connectivity index (χ2v) is 6.14. The molecule has 1 N–H and O–H groups in total. The number of aliphatic carboxylic acids is 1. The van der Waals surface area contributed by atoms with Gasteiger partial charge in [-0.15, -0.1) is 23.7 Å². The van der Waals surface area contributed by atoms with Gasteiger partial charge in [0.05, 0.1) is 3.79 Å². The maximum absolute atomic E-state index is 10.3. The summed E-state index contributed by atoms with van der Waals surface area (Å²) in [5.41, 5.74) is 1.30. The normalized spacial score (nSPS) is 10.3. The fraction of sp³-hybridized carbons (Fsp3) is 0.545. The Balaban J connectivity index is 0.00000256. The summed E-state index contributed by atoms with van der Waals surface area (Å²) >= 11 is 5.13. The van der Waals surface area contributed by atoms with Gasteiger partial charge in [-0.1, -0.05) is 0 Å². The van der Waals surface area contributed by atoms with Gasteiger partial charge < -0.3 is 10.0 Å². The number of carboxylic acid groups (broad SMARTS) is 1. The van der Waals surface area contributed by atoms with Gasteiger partial charge in [-0.2, -0.15) is 0 Å². The number of carbonyl (C=O) groups is 1. The van der Waals surface area contributed by atoms with E-state index in [0.717, 1.165) is 29.7 Å². The highest BCUT2D eigenvalue weighted by Gasteiger charge is 2.03. The van der Waals surface area contributed by atoms with E-state index in [2.05, 4.69) is 39.3 Å². The van der Waals surface area contributed by atoms with Crippen LogP contribution in [0.3, 0.4) is 0 Å². The van der Waals surface area contributed by atoms with Gasteiger partial charge in [-0.25, -0.2) is 0 Å². The van der Waals surface area contributed by atoms with Gasteiger partial charge in [0.15, 0.2) is 0 Å². The van der Waals surface area contributed by atoms with Gasteiger partial charge in [0.25, 0.3) is 0 Å². The Bertz CT molecular complexity index is 346. The van der Waals surface area contributed by atoms with Crippen LogP contribution in [0.4, 0.5) is 0 Å². The number of carboxylic acids is 1. The van der Waals surface area contributed by atoms with Gasteiger partial charge in [0.2, 0.25) is 0 Å². The van der Waals surface area contributed by atoms with Crippen LogP contribution in [0.15, 0.2) is 15.2 Å². The lowest BCUT2D eigenvalue weighted by molar-refractivity contribution is -0.137. The molecule has 0 aliphatic carbocycles. The lowest BCUT2D eigenvalue weighted by Crippen LogP contribution is -2.18. The van der Waals surface area contributed by atoms with Crippen molar-refractivity contribution >= 4 is 45.6 Å². The molecule has 1 aromatic rings. The Kier molecular flexibility index (Phi) is 8.86. The molecule has 0 saturated heterocycles.